The molecule has 1 aliphatic rings. The molecule has 1 aliphatic heterocycles. The van der Waals surface area contributed by atoms with Gasteiger partial charge in [0.25, 0.3) is 0 Å². The van der Waals surface area contributed by atoms with Crippen LogP contribution in [0.3, 0.4) is 0 Å². The largest absolute Gasteiger partial charge is 0.386 e. The summed E-state index contributed by atoms with van der Waals surface area (Å²) in [6, 6.07) is 15.1. The molecule has 0 aliphatic carbocycles. The van der Waals surface area contributed by atoms with Gasteiger partial charge >= 0.3 is 0 Å². The lowest BCUT2D eigenvalue weighted by molar-refractivity contribution is -0.118. The molecule has 2 aromatic rings. The standard InChI is InChI=1S/C24H28FN7O/c25-21-16-19(6-12-29-21)31-22(27)20(23(28)33)17-30-24(8-11-26)9-14-32(15-10-24)13-7-18-4-2-1-3-5-18/h1-6,12,16-17,20H,7-10,13-15H2,(H2,28,33)(H2,27,29,31). The smallest absolute Gasteiger partial charge is 0.233 e. The maximum Gasteiger partial charge on any atom is 0.233 e. The van der Waals surface area contributed by atoms with Crippen LogP contribution in [-0.4, -0.2) is 53.0 Å². The maximum atomic E-state index is 13.3. The number of amides is 1. The van der Waals surface area contributed by atoms with Gasteiger partial charge in [-0.25, -0.2) is 9.98 Å². The first-order valence-electron chi connectivity index (χ1n) is 10.8. The lowest BCUT2D eigenvalue weighted by Crippen LogP contribution is -2.44. The van der Waals surface area contributed by atoms with Gasteiger partial charge in [-0.15, -0.1) is 0 Å². The highest BCUT2D eigenvalue weighted by Gasteiger charge is 2.34. The summed E-state index contributed by atoms with van der Waals surface area (Å²) in [5.41, 5.74) is 12.4. The van der Waals surface area contributed by atoms with Crippen LogP contribution >= 0.6 is 0 Å². The maximum absolute atomic E-state index is 13.3. The second-order valence-electron chi connectivity index (χ2n) is 8.17. The molecule has 33 heavy (non-hydrogen) atoms. The van der Waals surface area contributed by atoms with Crippen molar-refractivity contribution in [3.63, 3.8) is 0 Å². The Labute approximate surface area is 192 Å². The third-order valence-electron chi connectivity index (χ3n) is 5.85. The number of carbonyl (C=O) groups excluding carboxylic acids is 1. The monoisotopic (exact) mass is 449 g/mol. The molecule has 1 aromatic heterocycles. The van der Waals surface area contributed by atoms with E-state index in [4.69, 9.17) is 11.5 Å². The number of nitriles is 1. The Balaban J connectivity index is 1.67. The summed E-state index contributed by atoms with van der Waals surface area (Å²) in [5.74, 6) is -2.58. The van der Waals surface area contributed by atoms with Crippen molar-refractivity contribution in [3.8, 4) is 6.07 Å². The number of aromatic nitrogens is 1. The van der Waals surface area contributed by atoms with Gasteiger partial charge in [0.1, 0.15) is 11.8 Å². The van der Waals surface area contributed by atoms with Crippen LogP contribution in [0.4, 0.5) is 10.1 Å². The highest BCUT2D eigenvalue weighted by molar-refractivity contribution is 6.14. The molecule has 2 heterocycles. The third-order valence-corrected chi connectivity index (χ3v) is 5.85. The van der Waals surface area contributed by atoms with Gasteiger partial charge in [0.2, 0.25) is 11.9 Å². The van der Waals surface area contributed by atoms with Gasteiger partial charge in [-0.3, -0.25) is 9.79 Å². The zero-order chi connectivity index (χ0) is 23.7. The number of pyridine rings is 1. The summed E-state index contributed by atoms with van der Waals surface area (Å²) in [4.78, 5) is 26.6. The lowest BCUT2D eigenvalue weighted by atomic mass is 9.85. The van der Waals surface area contributed by atoms with E-state index in [0.717, 1.165) is 32.1 Å². The first-order valence-corrected chi connectivity index (χ1v) is 10.8. The molecule has 172 valence electrons. The van der Waals surface area contributed by atoms with E-state index < -0.39 is 23.3 Å². The van der Waals surface area contributed by atoms with Crippen LogP contribution < -0.4 is 11.5 Å². The zero-order valence-electron chi connectivity index (χ0n) is 18.4. The van der Waals surface area contributed by atoms with Crippen LogP contribution in [0.2, 0.25) is 0 Å². The summed E-state index contributed by atoms with van der Waals surface area (Å²) in [6.07, 6.45) is 5.20. The minimum atomic E-state index is -1.06. The fourth-order valence-corrected chi connectivity index (χ4v) is 3.83. The number of hydrogen-bond donors (Lipinski definition) is 2. The Morgan fingerprint density at radius 2 is 2.00 bits per heavy atom. The van der Waals surface area contributed by atoms with Crippen molar-refractivity contribution in [2.24, 2.45) is 27.4 Å². The van der Waals surface area contributed by atoms with Gasteiger partial charge in [0.15, 0.2) is 0 Å². The average Bonchev–Trinajstić information content (AvgIpc) is 2.79. The van der Waals surface area contributed by atoms with Gasteiger partial charge in [-0.1, -0.05) is 30.3 Å². The van der Waals surface area contributed by atoms with Crippen LogP contribution in [0.5, 0.6) is 0 Å². The molecular weight excluding hydrogens is 421 g/mol. The highest BCUT2D eigenvalue weighted by atomic mass is 19.1. The van der Waals surface area contributed by atoms with E-state index in [1.54, 1.807) is 0 Å². The molecular formula is C24H28FN7O. The number of aliphatic imine (C=N–C) groups is 2. The molecule has 0 bridgehead atoms. The summed E-state index contributed by atoms with van der Waals surface area (Å²) < 4.78 is 13.3. The Kier molecular flexibility index (Phi) is 8.22. The number of primary amides is 1. The van der Waals surface area contributed by atoms with Crippen LogP contribution in [0.25, 0.3) is 0 Å². The van der Waals surface area contributed by atoms with Crippen molar-refractivity contribution in [2.75, 3.05) is 19.6 Å². The molecule has 0 saturated carbocycles. The van der Waals surface area contributed by atoms with Crippen LogP contribution in [-0.2, 0) is 11.2 Å². The van der Waals surface area contributed by atoms with Gasteiger partial charge in [-0.05, 0) is 30.9 Å². The van der Waals surface area contributed by atoms with Crippen LogP contribution in [0.1, 0.15) is 24.8 Å². The van der Waals surface area contributed by atoms with E-state index in [1.165, 1.54) is 24.0 Å². The van der Waals surface area contributed by atoms with E-state index in [0.29, 0.717) is 12.8 Å². The Morgan fingerprint density at radius 3 is 2.64 bits per heavy atom. The number of hydrogen-bond acceptors (Lipinski definition) is 6. The summed E-state index contributed by atoms with van der Waals surface area (Å²) in [7, 11) is 0. The predicted molar refractivity (Wildman–Crippen MR) is 125 cm³/mol. The molecule has 8 nitrogen and oxygen atoms in total. The number of piperidine rings is 1. The second-order valence-corrected chi connectivity index (χ2v) is 8.17. The minimum absolute atomic E-state index is 0.0933. The van der Waals surface area contributed by atoms with Crippen molar-refractivity contribution >= 4 is 23.6 Å². The van der Waals surface area contributed by atoms with E-state index in [-0.39, 0.29) is 17.9 Å². The van der Waals surface area contributed by atoms with Crippen molar-refractivity contribution in [3.05, 3.63) is 60.2 Å². The van der Waals surface area contributed by atoms with Gasteiger partial charge < -0.3 is 16.4 Å². The molecule has 1 saturated heterocycles. The van der Waals surface area contributed by atoms with Gasteiger partial charge in [-0.2, -0.15) is 9.65 Å². The molecule has 0 radical (unpaired) electrons. The van der Waals surface area contributed by atoms with E-state index in [1.807, 2.05) is 18.2 Å². The highest BCUT2D eigenvalue weighted by Crippen LogP contribution is 2.30. The normalized spacial score (nSPS) is 17.5. The Morgan fingerprint density at radius 1 is 1.27 bits per heavy atom. The average molecular weight is 450 g/mol. The number of halogens is 1. The predicted octanol–water partition coefficient (Wildman–Crippen LogP) is 2.37. The van der Waals surface area contributed by atoms with Crippen molar-refractivity contribution in [1.82, 2.24) is 9.88 Å². The van der Waals surface area contributed by atoms with Crippen molar-refractivity contribution in [2.45, 2.75) is 31.2 Å². The molecule has 4 N–H and O–H groups in total. The Hall–Kier alpha value is -3.64. The molecule has 1 unspecified atom stereocenters. The number of rotatable bonds is 9. The van der Waals surface area contributed by atoms with E-state index in [9.17, 15) is 14.4 Å². The molecule has 9 heteroatoms. The van der Waals surface area contributed by atoms with E-state index in [2.05, 4.69) is 38.1 Å². The van der Waals surface area contributed by atoms with Gasteiger partial charge in [0.05, 0.1) is 23.7 Å². The van der Waals surface area contributed by atoms with Gasteiger partial charge in [0, 0.05) is 38.1 Å². The number of benzene rings is 1. The number of nitrogens with zero attached hydrogens (tertiary/aromatic N) is 5. The van der Waals surface area contributed by atoms with Crippen LogP contribution in [0, 0.1) is 23.2 Å². The minimum Gasteiger partial charge on any atom is -0.386 e. The van der Waals surface area contributed by atoms with E-state index >= 15 is 0 Å². The zero-order valence-corrected chi connectivity index (χ0v) is 18.4. The number of carbonyl (C=O) groups is 1. The second kappa shape index (κ2) is 11.3. The molecule has 1 atom stereocenters. The molecule has 1 fully saturated rings. The first kappa shape index (κ1) is 24.0. The molecule has 0 spiro atoms. The SMILES string of the molecule is N#CCC1(N=CC(C(N)=O)C(N)=Nc2ccnc(F)c2)CCN(CCc2ccccc2)CC1. The first-order chi connectivity index (χ1) is 15.9. The summed E-state index contributed by atoms with van der Waals surface area (Å²) in [6.45, 7) is 2.53. The van der Waals surface area contributed by atoms with Crippen molar-refractivity contribution in [1.29, 1.82) is 5.26 Å². The van der Waals surface area contributed by atoms with Crippen molar-refractivity contribution < 1.29 is 9.18 Å². The Bertz CT molecular complexity index is 1040. The topological polar surface area (TPSA) is 134 Å². The number of amidine groups is 1. The molecule has 1 amide bonds. The summed E-state index contributed by atoms with van der Waals surface area (Å²) >= 11 is 0. The summed E-state index contributed by atoms with van der Waals surface area (Å²) in [5, 5.41) is 9.39. The quantitative estimate of drug-likeness (QED) is 0.344. The fraction of sp³-hybridized carbons (Fsp3) is 0.375. The molecule has 3 rings (SSSR count). The molecule has 1 aromatic carbocycles. The number of nitrogens with two attached hydrogens (primary N) is 2. The van der Waals surface area contributed by atoms with Crippen LogP contribution in [0.15, 0.2) is 58.6 Å². The number of likely N-dealkylation sites (tertiary alicyclic amines) is 1. The fourth-order valence-electron chi connectivity index (χ4n) is 3.83. The lowest BCUT2D eigenvalue weighted by Gasteiger charge is -2.38. The third kappa shape index (κ3) is 6.92.